The van der Waals surface area contributed by atoms with Gasteiger partial charge in [0.15, 0.2) is 0 Å². The van der Waals surface area contributed by atoms with Crippen molar-refractivity contribution in [3.05, 3.63) is 35.4 Å². The number of hydrogen-bond donors (Lipinski definition) is 1. The van der Waals surface area contributed by atoms with Crippen LogP contribution in [0.4, 0.5) is 13.2 Å². The lowest BCUT2D eigenvalue weighted by Crippen LogP contribution is -2.39. The molecule has 0 bridgehead atoms. The lowest BCUT2D eigenvalue weighted by Gasteiger charge is -2.19. The van der Waals surface area contributed by atoms with Crippen molar-refractivity contribution in [1.29, 1.82) is 0 Å². The molecule has 1 aromatic rings. The molecule has 0 spiro atoms. The molecule has 1 rings (SSSR count). The molecule has 0 aliphatic rings. The van der Waals surface area contributed by atoms with Crippen molar-refractivity contribution < 1.29 is 18.0 Å². The lowest BCUT2D eigenvalue weighted by atomic mass is 10.1. The zero-order chi connectivity index (χ0) is 13.9. The Morgan fingerprint density at radius 2 is 1.83 bits per heavy atom. The van der Waals surface area contributed by atoms with E-state index in [1.165, 1.54) is 17.0 Å². The number of halogens is 3. The van der Waals surface area contributed by atoms with Crippen molar-refractivity contribution in [2.45, 2.75) is 25.7 Å². The van der Waals surface area contributed by atoms with Gasteiger partial charge in [0, 0.05) is 13.6 Å². The highest BCUT2D eigenvalue weighted by molar-refractivity contribution is 5.80. The van der Waals surface area contributed by atoms with Gasteiger partial charge in [-0.1, -0.05) is 12.1 Å². The molecule has 2 N–H and O–H groups in total. The van der Waals surface area contributed by atoms with Gasteiger partial charge in [0.05, 0.1) is 11.6 Å². The molecule has 3 nitrogen and oxygen atoms in total. The second kappa shape index (κ2) is 5.39. The Labute approximate surface area is 103 Å². The average Bonchev–Trinajstić information content (AvgIpc) is 2.27. The topological polar surface area (TPSA) is 46.3 Å². The van der Waals surface area contributed by atoms with Gasteiger partial charge in [-0.15, -0.1) is 0 Å². The zero-order valence-electron chi connectivity index (χ0n) is 10.2. The number of amides is 1. The second-order valence-electron chi connectivity index (χ2n) is 4.18. The first kappa shape index (κ1) is 14.5. The summed E-state index contributed by atoms with van der Waals surface area (Å²) in [7, 11) is 1.56. The number of rotatable bonds is 3. The van der Waals surface area contributed by atoms with E-state index >= 15 is 0 Å². The molecular weight excluding hydrogens is 245 g/mol. The first-order chi connectivity index (χ1) is 8.21. The maximum atomic E-state index is 12.3. The van der Waals surface area contributed by atoms with E-state index in [2.05, 4.69) is 0 Å². The highest BCUT2D eigenvalue weighted by atomic mass is 19.4. The van der Waals surface area contributed by atoms with Crippen LogP contribution in [0.15, 0.2) is 24.3 Å². The molecule has 1 amide bonds. The molecule has 1 atom stereocenters. The molecule has 1 aromatic carbocycles. The fraction of sp³-hybridized carbons (Fsp3) is 0.417. The third kappa shape index (κ3) is 3.73. The molecule has 0 aliphatic heterocycles. The van der Waals surface area contributed by atoms with E-state index in [1.54, 1.807) is 14.0 Å². The summed E-state index contributed by atoms with van der Waals surface area (Å²) < 4.78 is 37.0. The zero-order valence-corrected chi connectivity index (χ0v) is 10.2. The Hall–Kier alpha value is -1.56. The van der Waals surface area contributed by atoms with Gasteiger partial charge >= 0.3 is 6.18 Å². The summed E-state index contributed by atoms with van der Waals surface area (Å²) in [6.07, 6.45) is -4.34. The van der Waals surface area contributed by atoms with Gasteiger partial charge < -0.3 is 10.6 Å². The van der Waals surface area contributed by atoms with Crippen molar-refractivity contribution in [2.24, 2.45) is 5.73 Å². The molecule has 6 heteroatoms. The number of benzene rings is 1. The van der Waals surface area contributed by atoms with Crippen LogP contribution >= 0.6 is 0 Å². The molecule has 0 aromatic heterocycles. The van der Waals surface area contributed by atoms with Gasteiger partial charge in [0.1, 0.15) is 0 Å². The third-order valence-electron chi connectivity index (χ3n) is 2.47. The van der Waals surface area contributed by atoms with Crippen LogP contribution in [-0.4, -0.2) is 23.9 Å². The Morgan fingerprint density at radius 3 is 2.22 bits per heavy atom. The molecule has 0 heterocycles. The van der Waals surface area contributed by atoms with E-state index in [9.17, 15) is 18.0 Å². The number of nitrogens with zero attached hydrogens (tertiary/aromatic N) is 1. The summed E-state index contributed by atoms with van der Waals surface area (Å²) in [5.41, 5.74) is 5.35. The third-order valence-corrected chi connectivity index (χ3v) is 2.47. The summed E-state index contributed by atoms with van der Waals surface area (Å²) in [5.74, 6) is -0.255. The van der Waals surface area contributed by atoms with Gasteiger partial charge in [-0.3, -0.25) is 4.79 Å². The summed E-state index contributed by atoms with van der Waals surface area (Å²) in [6, 6.07) is 4.09. The van der Waals surface area contributed by atoms with E-state index in [4.69, 9.17) is 5.73 Å². The molecular formula is C12H15F3N2O. The Bertz CT molecular complexity index is 412. The fourth-order valence-electron chi connectivity index (χ4n) is 1.50. The summed E-state index contributed by atoms with van der Waals surface area (Å²) >= 11 is 0. The van der Waals surface area contributed by atoms with Crippen LogP contribution in [0, 0.1) is 0 Å². The van der Waals surface area contributed by atoms with Crippen molar-refractivity contribution in [2.75, 3.05) is 7.05 Å². The lowest BCUT2D eigenvalue weighted by molar-refractivity contribution is -0.137. The summed E-state index contributed by atoms with van der Waals surface area (Å²) in [4.78, 5) is 12.9. The standard InChI is InChI=1S/C12H15F3N2O/c1-8(16)11(18)17(2)7-9-3-5-10(6-4-9)12(13,14)15/h3-6,8H,7,16H2,1-2H3/t8-/m1/s1. The number of carbonyl (C=O) groups is 1. The smallest absolute Gasteiger partial charge is 0.340 e. The number of nitrogens with two attached hydrogens (primary N) is 1. The van der Waals surface area contributed by atoms with Gasteiger partial charge in [-0.25, -0.2) is 0 Å². The van der Waals surface area contributed by atoms with Crippen LogP contribution in [0.1, 0.15) is 18.1 Å². The molecule has 0 radical (unpaired) electrons. The molecule has 0 aliphatic carbocycles. The molecule has 100 valence electrons. The van der Waals surface area contributed by atoms with Crippen molar-refractivity contribution in [1.82, 2.24) is 4.90 Å². The van der Waals surface area contributed by atoms with Gasteiger partial charge in [0.2, 0.25) is 5.91 Å². The quantitative estimate of drug-likeness (QED) is 0.903. The maximum Gasteiger partial charge on any atom is 0.416 e. The van der Waals surface area contributed by atoms with Crippen LogP contribution in [0.2, 0.25) is 0 Å². The van der Waals surface area contributed by atoms with E-state index in [-0.39, 0.29) is 12.5 Å². The minimum atomic E-state index is -4.34. The van der Waals surface area contributed by atoms with E-state index in [0.717, 1.165) is 12.1 Å². The van der Waals surface area contributed by atoms with Crippen LogP contribution in [0.3, 0.4) is 0 Å². The van der Waals surface area contributed by atoms with Gasteiger partial charge in [-0.2, -0.15) is 13.2 Å². The minimum absolute atomic E-state index is 0.235. The molecule has 0 saturated heterocycles. The van der Waals surface area contributed by atoms with Crippen LogP contribution < -0.4 is 5.73 Å². The van der Waals surface area contributed by atoms with Gasteiger partial charge in [0.25, 0.3) is 0 Å². The van der Waals surface area contributed by atoms with Crippen molar-refractivity contribution in [3.63, 3.8) is 0 Å². The normalized spacial score (nSPS) is 13.2. The maximum absolute atomic E-state index is 12.3. The van der Waals surface area contributed by atoms with Gasteiger partial charge in [-0.05, 0) is 24.6 Å². The van der Waals surface area contributed by atoms with E-state index < -0.39 is 17.8 Å². The Kier molecular flexibility index (Phi) is 4.34. The molecule has 18 heavy (non-hydrogen) atoms. The predicted molar refractivity (Wildman–Crippen MR) is 61.6 cm³/mol. The highest BCUT2D eigenvalue weighted by Crippen LogP contribution is 2.29. The Balaban J connectivity index is 2.73. The largest absolute Gasteiger partial charge is 0.416 e. The average molecular weight is 260 g/mol. The van der Waals surface area contributed by atoms with Crippen LogP contribution in [0.5, 0.6) is 0 Å². The Morgan fingerprint density at radius 1 is 1.33 bits per heavy atom. The summed E-state index contributed by atoms with van der Waals surface area (Å²) in [6.45, 7) is 1.80. The highest BCUT2D eigenvalue weighted by Gasteiger charge is 2.29. The van der Waals surface area contributed by atoms with E-state index in [1.807, 2.05) is 0 Å². The summed E-state index contributed by atoms with van der Waals surface area (Å²) in [5, 5.41) is 0. The van der Waals surface area contributed by atoms with Crippen molar-refractivity contribution in [3.8, 4) is 0 Å². The van der Waals surface area contributed by atoms with Crippen LogP contribution in [-0.2, 0) is 17.5 Å². The van der Waals surface area contributed by atoms with Crippen molar-refractivity contribution >= 4 is 5.91 Å². The first-order valence-electron chi connectivity index (χ1n) is 5.38. The second-order valence-corrected chi connectivity index (χ2v) is 4.18. The van der Waals surface area contributed by atoms with E-state index in [0.29, 0.717) is 5.56 Å². The number of hydrogen-bond acceptors (Lipinski definition) is 2. The molecule has 0 fully saturated rings. The molecule has 0 saturated carbocycles. The van der Waals surface area contributed by atoms with Crippen LogP contribution in [0.25, 0.3) is 0 Å². The first-order valence-corrected chi connectivity index (χ1v) is 5.38. The monoisotopic (exact) mass is 260 g/mol. The fourth-order valence-corrected chi connectivity index (χ4v) is 1.50. The SMILES string of the molecule is C[C@@H](N)C(=O)N(C)Cc1ccc(C(F)(F)F)cc1. The number of likely N-dealkylation sites (N-methyl/N-ethyl adjacent to an activating group) is 1. The predicted octanol–water partition coefficient (Wildman–Crippen LogP) is 2.01. The number of carbonyl (C=O) groups excluding carboxylic acids is 1. The molecule has 0 unspecified atom stereocenters. The number of alkyl halides is 3. The minimum Gasteiger partial charge on any atom is -0.340 e.